The third kappa shape index (κ3) is 2.33. The van der Waals surface area contributed by atoms with Crippen molar-refractivity contribution >= 4 is 11.1 Å². The first-order valence-electron chi connectivity index (χ1n) is 8.33. The first kappa shape index (κ1) is 14.8. The van der Waals surface area contributed by atoms with Gasteiger partial charge in [-0.25, -0.2) is 0 Å². The van der Waals surface area contributed by atoms with Gasteiger partial charge in [0, 0.05) is 5.92 Å². The first-order chi connectivity index (χ1) is 11.8. The van der Waals surface area contributed by atoms with Crippen molar-refractivity contribution in [3.8, 4) is 5.75 Å². The summed E-state index contributed by atoms with van der Waals surface area (Å²) in [5.41, 5.74) is 7.95. The molecule has 0 fully saturated rings. The van der Waals surface area contributed by atoms with Gasteiger partial charge in [0.1, 0.15) is 5.75 Å². The van der Waals surface area contributed by atoms with E-state index in [2.05, 4.69) is 85.8 Å². The minimum atomic E-state index is 0.340. The second-order valence-corrected chi connectivity index (χ2v) is 6.20. The zero-order chi connectivity index (χ0) is 16.5. The Morgan fingerprint density at radius 2 is 1.38 bits per heavy atom. The molecule has 1 nitrogen and oxygen atoms in total. The smallest absolute Gasteiger partial charge is 0.119 e. The van der Waals surface area contributed by atoms with Crippen molar-refractivity contribution in [2.45, 2.75) is 12.8 Å². The van der Waals surface area contributed by atoms with Crippen LogP contribution < -0.4 is 4.74 Å². The van der Waals surface area contributed by atoms with E-state index < -0.39 is 0 Å². The Kier molecular flexibility index (Phi) is 3.70. The second-order valence-electron chi connectivity index (χ2n) is 6.20. The van der Waals surface area contributed by atoms with Gasteiger partial charge in [-0.3, -0.25) is 0 Å². The summed E-state index contributed by atoms with van der Waals surface area (Å²) in [5, 5.41) is 0. The average molecular weight is 312 g/mol. The van der Waals surface area contributed by atoms with Gasteiger partial charge in [-0.05, 0) is 45.5 Å². The van der Waals surface area contributed by atoms with E-state index in [9.17, 15) is 0 Å². The summed E-state index contributed by atoms with van der Waals surface area (Å²) in [7, 11) is 1.73. The van der Waals surface area contributed by atoms with E-state index in [1.165, 1.54) is 33.4 Å². The fourth-order valence-corrected chi connectivity index (χ4v) is 3.70. The van der Waals surface area contributed by atoms with Gasteiger partial charge in [-0.15, -0.1) is 0 Å². The molecule has 1 unspecified atom stereocenters. The molecule has 0 N–H and O–H groups in total. The molecular weight excluding hydrogens is 292 g/mol. The van der Waals surface area contributed by atoms with Gasteiger partial charge in [-0.1, -0.05) is 73.7 Å². The third-order valence-corrected chi connectivity index (χ3v) is 4.84. The predicted molar refractivity (Wildman–Crippen MR) is 100 cm³/mol. The highest BCUT2D eigenvalue weighted by molar-refractivity contribution is 6.05. The van der Waals surface area contributed by atoms with Gasteiger partial charge in [-0.2, -0.15) is 0 Å². The lowest BCUT2D eigenvalue weighted by Crippen LogP contribution is -1.94. The first-order valence-corrected chi connectivity index (χ1v) is 8.33. The molecule has 24 heavy (non-hydrogen) atoms. The molecule has 0 aliphatic heterocycles. The number of fused-ring (bicyclic) bond motifs is 1. The number of allylic oxidation sites excluding steroid dienone is 1. The van der Waals surface area contributed by atoms with Gasteiger partial charge in [0.05, 0.1) is 7.11 Å². The van der Waals surface area contributed by atoms with Crippen LogP contribution in [0.1, 0.15) is 35.1 Å². The monoisotopic (exact) mass is 312 g/mol. The molecule has 0 aromatic heterocycles. The Bertz CT molecular complexity index is 892. The zero-order valence-corrected chi connectivity index (χ0v) is 14.0. The second kappa shape index (κ2) is 6.01. The molecular formula is C23H20O. The quantitative estimate of drug-likeness (QED) is 0.596. The van der Waals surface area contributed by atoms with Crippen molar-refractivity contribution in [3.05, 3.63) is 101 Å². The lowest BCUT2D eigenvalue weighted by atomic mass is 9.91. The summed E-state index contributed by atoms with van der Waals surface area (Å²) in [6, 6.07) is 27.8. The van der Waals surface area contributed by atoms with E-state index in [1.807, 2.05) is 0 Å². The fraction of sp³-hybridized carbons (Fsp3) is 0.130. The fourth-order valence-electron chi connectivity index (χ4n) is 3.70. The topological polar surface area (TPSA) is 9.23 Å². The minimum Gasteiger partial charge on any atom is -0.497 e. The van der Waals surface area contributed by atoms with Gasteiger partial charge >= 0.3 is 0 Å². The average Bonchev–Trinajstić information content (AvgIpc) is 2.95. The molecule has 118 valence electrons. The number of methoxy groups -OCH3 is 1. The highest BCUT2D eigenvalue weighted by atomic mass is 16.5. The van der Waals surface area contributed by atoms with E-state index in [4.69, 9.17) is 4.74 Å². The maximum Gasteiger partial charge on any atom is 0.119 e. The Morgan fingerprint density at radius 1 is 0.750 bits per heavy atom. The van der Waals surface area contributed by atoms with Crippen molar-refractivity contribution in [1.29, 1.82) is 0 Å². The number of ether oxygens (including phenoxy) is 1. The molecule has 3 aromatic rings. The van der Waals surface area contributed by atoms with Gasteiger partial charge in [0.25, 0.3) is 0 Å². The number of rotatable bonds is 3. The van der Waals surface area contributed by atoms with Crippen molar-refractivity contribution in [3.63, 3.8) is 0 Å². The third-order valence-electron chi connectivity index (χ3n) is 4.84. The van der Waals surface area contributed by atoms with Crippen LogP contribution >= 0.6 is 0 Å². The van der Waals surface area contributed by atoms with Gasteiger partial charge < -0.3 is 4.74 Å². The van der Waals surface area contributed by atoms with E-state index >= 15 is 0 Å². The van der Waals surface area contributed by atoms with Crippen LogP contribution in [0.2, 0.25) is 0 Å². The van der Waals surface area contributed by atoms with Crippen molar-refractivity contribution in [1.82, 2.24) is 0 Å². The Morgan fingerprint density at radius 3 is 2.00 bits per heavy atom. The molecule has 3 aromatic carbocycles. The summed E-state index contributed by atoms with van der Waals surface area (Å²) in [4.78, 5) is 0. The molecule has 1 heteroatoms. The van der Waals surface area contributed by atoms with E-state index in [0.717, 1.165) is 5.75 Å². The number of benzene rings is 3. The summed E-state index contributed by atoms with van der Waals surface area (Å²) < 4.78 is 5.45. The molecule has 4 rings (SSSR count). The lowest BCUT2D eigenvalue weighted by molar-refractivity contribution is 0.414. The van der Waals surface area contributed by atoms with Crippen LogP contribution in [0.5, 0.6) is 5.75 Å². The van der Waals surface area contributed by atoms with E-state index in [0.29, 0.717) is 5.92 Å². The molecule has 1 aliphatic rings. The standard InChI is InChI=1S/C23H20O/c1-16-21-15-19(24-2)13-14-20(21)23(18-11-7-4-8-12-18)22(16)17-9-5-3-6-10-17/h3-16H,1-2H3. The highest BCUT2D eigenvalue weighted by Gasteiger charge is 2.30. The van der Waals surface area contributed by atoms with Crippen LogP contribution in [0.4, 0.5) is 0 Å². The SMILES string of the molecule is COc1ccc2c(c1)C(C)C(c1ccccc1)=C2c1ccccc1. The Labute approximate surface area is 143 Å². The van der Waals surface area contributed by atoms with Crippen LogP contribution in [0.3, 0.4) is 0 Å². The van der Waals surface area contributed by atoms with Gasteiger partial charge in [0.15, 0.2) is 0 Å². The Hall–Kier alpha value is -2.80. The molecule has 1 atom stereocenters. The lowest BCUT2D eigenvalue weighted by Gasteiger charge is -2.13. The summed E-state index contributed by atoms with van der Waals surface area (Å²) >= 11 is 0. The van der Waals surface area contributed by atoms with Crippen molar-refractivity contribution in [2.24, 2.45) is 0 Å². The van der Waals surface area contributed by atoms with E-state index in [1.54, 1.807) is 7.11 Å². The van der Waals surface area contributed by atoms with Crippen LogP contribution in [0, 0.1) is 0 Å². The largest absolute Gasteiger partial charge is 0.497 e. The molecule has 1 aliphatic carbocycles. The van der Waals surface area contributed by atoms with Crippen LogP contribution in [0.25, 0.3) is 11.1 Å². The number of hydrogen-bond acceptors (Lipinski definition) is 1. The molecule has 0 spiro atoms. The van der Waals surface area contributed by atoms with Crippen molar-refractivity contribution in [2.75, 3.05) is 7.11 Å². The Balaban J connectivity index is 1.99. The minimum absolute atomic E-state index is 0.340. The summed E-state index contributed by atoms with van der Waals surface area (Å²) in [6.07, 6.45) is 0. The molecule has 0 bridgehead atoms. The normalized spacial score (nSPS) is 16.2. The van der Waals surface area contributed by atoms with Gasteiger partial charge in [0.2, 0.25) is 0 Å². The van der Waals surface area contributed by atoms with Crippen LogP contribution in [-0.2, 0) is 0 Å². The molecule has 0 heterocycles. The maximum atomic E-state index is 5.45. The maximum absolute atomic E-state index is 5.45. The summed E-state index contributed by atoms with van der Waals surface area (Å²) in [6.45, 7) is 2.29. The van der Waals surface area contributed by atoms with Crippen LogP contribution in [0.15, 0.2) is 78.9 Å². The van der Waals surface area contributed by atoms with Crippen LogP contribution in [-0.4, -0.2) is 7.11 Å². The molecule has 0 saturated heterocycles. The molecule has 0 radical (unpaired) electrons. The zero-order valence-electron chi connectivity index (χ0n) is 14.0. The number of hydrogen-bond donors (Lipinski definition) is 0. The van der Waals surface area contributed by atoms with E-state index in [-0.39, 0.29) is 0 Å². The predicted octanol–water partition coefficient (Wildman–Crippen LogP) is 5.77. The van der Waals surface area contributed by atoms with Crippen molar-refractivity contribution < 1.29 is 4.74 Å². The highest BCUT2D eigenvalue weighted by Crippen LogP contribution is 2.50. The molecule has 0 amide bonds. The summed E-state index contributed by atoms with van der Waals surface area (Å²) in [5.74, 6) is 1.26. The molecule has 0 saturated carbocycles.